The summed E-state index contributed by atoms with van der Waals surface area (Å²) in [7, 11) is 1.60. The van der Waals surface area contributed by atoms with Crippen LogP contribution in [0.15, 0.2) is 71.0 Å². The molecule has 0 spiro atoms. The number of ether oxygens (including phenoxy) is 2. The van der Waals surface area contributed by atoms with Gasteiger partial charge in [-0.1, -0.05) is 42.5 Å². The van der Waals surface area contributed by atoms with Gasteiger partial charge >= 0.3 is 5.97 Å². The molecule has 0 aliphatic carbocycles. The van der Waals surface area contributed by atoms with E-state index in [9.17, 15) is 9.59 Å². The fourth-order valence-electron chi connectivity index (χ4n) is 2.67. The number of hydrogen-bond acceptors (Lipinski definition) is 5. The summed E-state index contributed by atoms with van der Waals surface area (Å²) in [5.41, 5.74) is 7.60. The van der Waals surface area contributed by atoms with Crippen LogP contribution in [0.3, 0.4) is 0 Å². The van der Waals surface area contributed by atoms with Crippen LogP contribution in [0, 0.1) is 5.92 Å². The summed E-state index contributed by atoms with van der Waals surface area (Å²) >= 11 is 0. The van der Waals surface area contributed by atoms with Crippen molar-refractivity contribution < 1.29 is 24.2 Å². The number of carbonyl (C=O) groups is 2. The number of rotatable bonds is 11. The summed E-state index contributed by atoms with van der Waals surface area (Å²) < 4.78 is 11.1. The number of nitrogens with two attached hydrogens (primary N) is 1. The van der Waals surface area contributed by atoms with Gasteiger partial charge in [-0.05, 0) is 36.6 Å². The van der Waals surface area contributed by atoms with Crippen molar-refractivity contribution in [2.45, 2.75) is 19.8 Å². The quantitative estimate of drug-likeness (QED) is 0.336. The lowest BCUT2D eigenvalue weighted by Gasteiger charge is -2.11. The van der Waals surface area contributed by atoms with Gasteiger partial charge in [-0.15, -0.1) is 0 Å². The van der Waals surface area contributed by atoms with Crippen molar-refractivity contribution in [1.82, 2.24) is 0 Å². The first-order chi connectivity index (χ1) is 14.4. The van der Waals surface area contributed by atoms with Crippen LogP contribution in [0.4, 0.5) is 0 Å². The summed E-state index contributed by atoms with van der Waals surface area (Å²) in [6.07, 6.45) is 2.37. The first kappa shape index (κ1) is 22.7. The molecule has 0 aromatic heterocycles. The number of carbonyl (C=O) groups excluding carboxylic acids is 1. The smallest absolute Gasteiger partial charge is 0.316 e. The highest BCUT2D eigenvalue weighted by Gasteiger charge is 2.23. The predicted molar refractivity (Wildman–Crippen MR) is 114 cm³/mol. The van der Waals surface area contributed by atoms with Crippen LogP contribution in [0.2, 0.25) is 0 Å². The average molecular weight is 410 g/mol. The fraction of sp³-hybridized carbons (Fsp3) is 0.261. The van der Waals surface area contributed by atoms with Crippen LogP contribution in [-0.4, -0.2) is 36.9 Å². The number of aliphatic carboxylic acids is 1. The minimum Gasteiger partial charge on any atom is -0.500 e. The molecule has 1 atom stereocenters. The number of carboxylic acid groups (broad SMARTS) is 1. The molecule has 0 aliphatic heterocycles. The third kappa shape index (κ3) is 7.09. The lowest BCUT2D eigenvalue weighted by atomic mass is 9.99. The van der Waals surface area contributed by atoms with Gasteiger partial charge in [0.25, 0.3) is 0 Å². The number of aliphatic imine (C=N–C) groups is 1. The molecule has 3 N–H and O–H groups in total. The van der Waals surface area contributed by atoms with E-state index in [4.69, 9.17) is 20.3 Å². The first-order valence-electron chi connectivity index (χ1n) is 9.47. The monoisotopic (exact) mass is 410 g/mol. The van der Waals surface area contributed by atoms with Crippen molar-refractivity contribution in [3.05, 3.63) is 77.2 Å². The normalized spacial score (nSPS) is 12.9. The molecule has 2 rings (SSSR count). The van der Waals surface area contributed by atoms with Gasteiger partial charge in [-0.2, -0.15) is 0 Å². The molecule has 7 nitrogen and oxygen atoms in total. The predicted octanol–water partition coefficient (Wildman–Crippen LogP) is 3.18. The largest absolute Gasteiger partial charge is 0.500 e. The molecule has 0 saturated heterocycles. The van der Waals surface area contributed by atoms with E-state index in [0.717, 1.165) is 11.3 Å². The molecule has 0 saturated carbocycles. The highest BCUT2D eigenvalue weighted by Crippen LogP contribution is 2.17. The van der Waals surface area contributed by atoms with Gasteiger partial charge in [-0.3, -0.25) is 14.6 Å². The molecule has 2 aromatic carbocycles. The van der Waals surface area contributed by atoms with Crippen molar-refractivity contribution >= 4 is 18.1 Å². The van der Waals surface area contributed by atoms with Crippen LogP contribution >= 0.6 is 0 Å². The van der Waals surface area contributed by atoms with E-state index >= 15 is 0 Å². The number of methoxy groups -OCH3 is 1. The standard InChI is InChI=1S/C23H26N2O5/c1-16(29-2)21(25-15-18-6-4-3-5-7-18)12-13-30-19-10-8-17(9-11-19)14-20(22(24)26)23(27)28/h3-11,15,20H,12-14H2,1-2H3,(H2,24,26)(H,27,28)/b21-16-,25-15?. The van der Waals surface area contributed by atoms with Crippen LogP contribution in [0.25, 0.3) is 0 Å². The minimum atomic E-state index is -1.25. The van der Waals surface area contributed by atoms with Crippen LogP contribution < -0.4 is 10.5 Å². The average Bonchev–Trinajstić information content (AvgIpc) is 2.75. The topological polar surface area (TPSA) is 111 Å². The van der Waals surface area contributed by atoms with E-state index in [1.165, 1.54) is 0 Å². The Labute approximate surface area is 175 Å². The second-order valence-corrected chi connectivity index (χ2v) is 6.62. The third-order valence-electron chi connectivity index (χ3n) is 4.49. The zero-order chi connectivity index (χ0) is 21.9. The zero-order valence-electron chi connectivity index (χ0n) is 17.1. The second kappa shape index (κ2) is 11.4. The highest BCUT2D eigenvalue weighted by molar-refractivity contribution is 5.96. The molecular formula is C23H26N2O5. The Morgan fingerprint density at radius 2 is 1.80 bits per heavy atom. The molecule has 0 heterocycles. The van der Waals surface area contributed by atoms with Gasteiger partial charge in [0.05, 0.1) is 19.4 Å². The molecule has 0 aliphatic rings. The number of amides is 1. The molecule has 30 heavy (non-hydrogen) atoms. The molecule has 158 valence electrons. The van der Waals surface area contributed by atoms with Crippen LogP contribution in [-0.2, 0) is 20.7 Å². The van der Waals surface area contributed by atoms with Gasteiger partial charge in [0.1, 0.15) is 17.4 Å². The van der Waals surface area contributed by atoms with E-state index < -0.39 is 17.8 Å². The Hall–Kier alpha value is -3.61. The molecule has 2 aromatic rings. The molecule has 0 radical (unpaired) electrons. The number of primary amides is 1. The van der Waals surface area contributed by atoms with Crippen molar-refractivity contribution in [3.8, 4) is 5.75 Å². The van der Waals surface area contributed by atoms with Crippen molar-refractivity contribution in [2.75, 3.05) is 13.7 Å². The zero-order valence-corrected chi connectivity index (χ0v) is 17.1. The summed E-state index contributed by atoms with van der Waals surface area (Å²) in [6, 6.07) is 16.7. The van der Waals surface area contributed by atoms with E-state index in [0.29, 0.717) is 30.1 Å². The fourth-order valence-corrected chi connectivity index (χ4v) is 2.67. The van der Waals surface area contributed by atoms with E-state index in [1.807, 2.05) is 37.3 Å². The summed E-state index contributed by atoms with van der Waals surface area (Å²) in [5.74, 6) is -1.99. The van der Waals surface area contributed by atoms with Crippen LogP contribution in [0.1, 0.15) is 24.5 Å². The lowest BCUT2D eigenvalue weighted by molar-refractivity contribution is -0.145. The maximum atomic E-state index is 11.2. The first-order valence-corrected chi connectivity index (χ1v) is 9.47. The minimum absolute atomic E-state index is 0.0407. The molecule has 0 fully saturated rings. The number of allylic oxidation sites excluding steroid dienone is 1. The summed E-state index contributed by atoms with van der Waals surface area (Å²) in [4.78, 5) is 26.8. The summed E-state index contributed by atoms with van der Waals surface area (Å²) in [6.45, 7) is 2.24. The molecule has 0 bridgehead atoms. The lowest BCUT2D eigenvalue weighted by Crippen LogP contribution is -2.31. The Morgan fingerprint density at radius 1 is 1.13 bits per heavy atom. The number of nitrogens with zero attached hydrogens (tertiary/aromatic N) is 1. The SMILES string of the molecule is CO/C(C)=C(/CCOc1ccc(CC(C(N)=O)C(=O)O)cc1)N=Cc1ccccc1. The van der Waals surface area contributed by atoms with Gasteiger partial charge in [0.15, 0.2) is 0 Å². The van der Waals surface area contributed by atoms with Gasteiger partial charge in [-0.25, -0.2) is 0 Å². The Balaban J connectivity index is 1.94. The summed E-state index contributed by atoms with van der Waals surface area (Å²) in [5, 5.41) is 9.06. The Bertz CT molecular complexity index is 891. The Morgan fingerprint density at radius 3 is 2.37 bits per heavy atom. The second-order valence-electron chi connectivity index (χ2n) is 6.62. The van der Waals surface area contributed by atoms with E-state index in [1.54, 1.807) is 37.6 Å². The van der Waals surface area contributed by atoms with E-state index in [2.05, 4.69) is 4.99 Å². The number of hydrogen-bond donors (Lipinski definition) is 2. The molecule has 7 heteroatoms. The van der Waals surface area contributed by atoms with Crippen molar-refractivity contribution in [1.29, 1.82) is 0 Å². The van der Waals surface area contributed by atoms with Crippen LogP contribution in [0.5, 0.6) is 5.75 Å². The van der Waals surface area contributed by atoms with E-state index in [-0.39, 0.29) is 6.42 Å². The maximum Gasteiger partial charge on any atom is 0.316 e. The van der Waals surface area contributed by atoms with Gasteiger partial charge < -0.3 is 20.3 Å². The number of benzene rings is 2. The van der Waals surface area contributed by atoms with Crippen molar-refractivity contribution in [3.63, 3.8) is 0 Å². The Kier molecular flexibility index (Phi) is 8.62. The molecular weight excluding hydrogens is 384 g/mol. The molecule has 1 amide bonds. The molecule has 1 unspecified atom stereocenters. The third-order valence-corrected chi connectivity index (χ3v) is 4.49. The van der Waals surface area contributed by atoms with Gasteiger partial charge in [0.2, 0.25) is 5.91 Å². The van der Waals surface area contributed by atoms with Crippen molar-refractivity contribution in [2.24, 2.45) is 16.6 Å². The van der Waals surface area contributed by atoms with Gasteiger partial charge in [0, 0.05) is 12.6 Å². The maximum absolute atomic E-state index is 11.2. The highest BCUT2D eigenvalue weighted by atomic mass is 16.5. The number of carboxylic acids is 1.